The Morgan fingerprint density at radius 1 is 1.41 bits per heavy atom. The van der Waals surface area contributed by atoms with Crippen molar-refractivity contribution in [3.05, 3.63) is 0 Å². The molecule has 2 amide bonds. The zero-order chi connectivity index (χ0) is 16.9. The van der Waals surface area contributed by atoms with Crippen molar-refractivity contribution < 1.29 is 19.8 Å². The molecule has 128 valence electrons. The molecule has 4 atom stereocenters. The van der Waals surface area contributed by atoms with Gasteiger partial charge in [0.05, 0.1) is 11.9 Å². The molecule has 1 aliphatic rings. The summed E-state index contributed by atoms with van der Waals surface area (Å²) in [6, 6.07) is -0.905. The molecule has 1 fully saturated rings. The third-order valence-corrected chi connectivity index (χ3v) is 4.08. The summed E-state index contributed by atoms with van der Waals surface area (Å²) in [6.45, 7) is 4.34. The number of halogens is 1. The lowest BCUT2D eigenvalue weighted by Crippen LogP contribution is -2.65. The number of carbonyl (C=O) groups excluding carboxylic acids is 2. The highest BCUT2D eigenvalue weighted by Gasteiger charge is 2.37. The number of piperazine rings is 1. The Balaban J connectivity index is 2.95. The van der Waals surface area contributed by atoms with E-state index in [-0.39, 0.29) is 24.2 Å². The summed E-state index contributed by atoms with van der Waals surface area (Å²) in [5.74, 6) is -0.770. The molecule has 0 spiro atoms. The molecule has 0 bridgehead atoms. The molecule has 1 heterocycles. The number of hydrogen-bond donors (Lipinski definition) is 4. The van der Waals surface area contributed by atoms with Crippen molar-refractivity contribution in [2.75, 3.05) is 25.5 Å². The predicted molar refractivity (Wildman–Crippen MR) is 81.9 cm³/mol. The van der Waals surface area contributed by atoms with Gasteiger partial charge in [-0.25, -0.2) is 0 Å². The first kappa shape index (κ1) is 19.1. The maximum atomic E-state index is 11.4. The molecule has 4 unspecified atom stereocenters. The van der Waals surface area contributed by atoms with Crippen molar-refractivity contribution in [3.63, 3.8) is 0 Å². The van der Waals surface area contributed by atoms with Crippen molar-refractivity contribution in [1.82, 2.24) is 15.1 Å². The molecule has 5 N–H and O–H groups in total. The van der Waals surface area contributed by atoms with Crippen molar-refractivity contribution in [2.45, 2.75) is 44.8 Å². The van der Waals surface area contributed by atoms with Gasteiger partial charge in [-0.15, -0.1) is 11.6 Å². The van der Waals surface area contributed by atoms with Crippen LogP contribution in [-0.2, 0) is 9.59 Å². The molecule has 0 aromatic heterocycles. The molecule has 0 aromatic rings. The number of nitrogens with two attached hydrogens (primary N) is 1. The molecule has 8 nitrogen and oxygen atoms in total. The SMILES string of the molecule is CC(=O)NC(CC(N)=O)C1CN(C(O)CCl)CCN1C(C)O. The number of nitrogens with zero attached hydrogens (tertiary/aromatic N) is 2. The number of aliphatic hydroxyl groups is 2. The van der Waals surface area contributed by atoms with Crippen LogP contribution >= 0.6 is 11.6 Å². The maximum absolute atomic E-state index is 11.4. The number of carbonyl (C=O) groups is 2. The first-order chi connectivity index (χ1) is 10.3. The zero-order valence-electron chi connectivity index (χ0n) is 12.9. The minimum absolute atomic E-state index is 0.0434. The van der Waals surface area contributed by atoms with E-state index >= 15 is 0 Å². The van der Waals surface area contributed by atoms with E-state index in [1.165, 1.54) is 6.92 Å². The smallest absolute Gasteiger partial charge is 0.219 e. The van der Waals surface area contributed by atoms with Crippen molar-refractivity contribution in [1.29, 1.82) is 0 Å². The third-order valence-electron chi connectivity index (χ3n) is 3.81. The van der Waals surface area contributed by atoms with Gasteiger partial charge in [-0.3, -0.25) is 19.4 Å². The highest BCUT2D eigenvalue weighted by atomic mass is 35.5. The Kier molecular flexibility index (Phi) is 7.51. The highest BCUT2D eigenvalue weighted by molar-refractivity contribution is 6.18. The lowest BCUT2D eigenvalue weighted by molar-refractivity contribution is -0.126. The first-order valence-electron chi connectivity index (χ1n) is 7.23. The summed E-state index contributed by atoms with van der Waals surface area (Å²) >= 11 is 5.68. The Morgan fingerprint density at radius 2 is 2.05 bits per heavy atom. The Morgan fingerprint density at radius 3 is 2.50 bits per heavy atom. The van der Waals surface area contributed by atoms with Crippen molar-refractivity contribution in [2.24, 2.45) is 5.73 Å². The zero-order valence-corrected chi connectivity index (χ0v) is 13.7. The number of aliphatic hydroxyl groups excluding tert-OH is 2. The fourth-order valence-corrected chi connectivity index (χ4v) is 2.99. The van der Waals surface area contributed by atoms with Crippen LogP contribution in [0.1, 0.15) is 20.3 Å². The Labute approximate surface area is 135 Å². The predicted octanol–water partition coefficient (Wildman–Crippen LogP) is -1.75. The molecular weight excluding hydrogens is 312 g/mol. The summed E-state index contributed by atoms with van der Waals surface area (Å²) in [6.07, 6.45) is -1.60. The maximum Gasteiger partial charge on any atom is 0.219 e. The molecular formula is C13H25ClN4O4. The van der Waals surface area contributed by atoms with E-state index in [1.54, 1.807) is 16.7 Å². The summed E-state index contributed by atoms with van der Waals surface area (Å²) in [5.41, 5.74) is 5.26. The Hall–Kier alpha value is -0.930. The van der Waals surface area contributed by atoms with Crippen molar-refractivity contribution in [3.8, 4) is 0 Å². The standard InChI is InChI=1S/C13H25ClN4O4/c1-8(19)16-10(5-12(15)21)11-7-17(13(22)6-14)3-4-18(11)9(2)20/h9-11,13,20,22H,3-7H2,1-2H3,(H2,15,21)(H,16,19). The van der Waals surface area contributed by atoms with Crippen LogP contribution in [0.5, 0.6) is 0 Å². The number of alkyl halides is 1. The molecule has 0 aliphatic carbocycles. The third kappa shape index (κ3) is 5.36. The average molecular weight is 337 g/mol. The monoisotopic (exact) mass is 336 g/mol. The van der Waals surface area contributed by atoms with Gasteiger partial charge >= 0.3 is 0 Å². The fraction of sp³-hybridized carbons (Fsp3) is 0.846. The molecule has 9 heteroatoms. The van der Waals surface area contributed by atoms with Gasteiger partial charge in [0.2, 0.25) is 11.8 Å². The topological polar surface area (TPSA) is 119 Å². The molecule has 1 saturated heterocycles. The number of primary amides is 1. The minimum Gasteiger partial charge on any atom is -0.379 e. The number of nitrogens with one attached hydrogen (secondary N) is 1. The largest absolute Gasteiger partial charge is 0.379 e. The van der Waals surface area contributed by atoms with E-state index in [9.17, 15) is 19.8 Å². The normalized spacial score (nSPS) is 24.5. The van der Waals surface area contributed by atoms with Gasteiger partial charge in [-0.2, -0.15) is 0 Å². The molecule has 22 heavy (non-hydrogen) atoms. The van der Waals surface area contributed by atoms with Gasteiger partial charge in [0, 0.05) is 39.0 Å². The summed E-state index contributed by atoms with van der Waals surface area (Å²) in [5, 5.41) is 22.6. The van der Waals surface area contributed by atoms with Crippen LogP contribution in [-0.4, -0.2) is 81.9 Å². The molecule has 0 saturated carbocycles. The van der Waals surface area contributed by atoms with E-state index < -0.39 is 24.4 Å². The number of amides is 2. The summed E-state index contributed by atoms with van der Waals surface area (Å²) < 4.78 is 0. The molecule has 0 radical (unpaired) electrons. The van der Waals surface area contributed by atoms with Crippen LogP contribution < -0.4 is 11.1 Å². The van der Waals surface area contributed by atoms with Crippen LogP contribution in [0.25, 0.3) is 0 Å². The second-order valence-corrected chi connectivity index (χ2v) is 5.85. The van der Waals surface area contributed by atoms with E-state index in [4.69, 9.17) is 17.3 Å². The number of hydrogen-bond acceptors (Lipinski definition) is 6. The summed E-state index contributed by atoms with van der Waals surface area (Å²) in [4.78, 5) is 26.2. The lowest BCUT2D eigenvalue weighted by Gasteiger charge is -2.46. The second-order valence-electron chi connectivity index (χ2n) is 5.54. The van der Waals surface area contributed by atoms with Crippen molar-refractivity contribution >= 4 is 23.4 Å². The fourth-order valence-electron chi connectivity index (χ4n) is 2.80. The van der Waals surface area contributed by atoms with Crippen LogP contribution in [0.15, 0.2) is 0 Å². The minimum atomic E-state index is -0.813. The summed E-state index contributed by atoms with van der Waals surface area (Å²) in [7, 11) is 0. The first-order valence-corrected chi connectivity index (χ1v) is 7.77. The second kappa shape index (κ2) is 8.64. The quantitative estimate of drug-likeness (QED) is 0.409. The van der Waals surface area contributed by atoms with E-state index in [1.807, 2.05) is 0 Å². The molecule has 1 rings (SSSR count). The van der Waals surface area contributed by atoms with E-state index in [0.717, 1.165) is 0 Å². The van der Waals surface area contributed by atoms with Gasteiger partial charge in [0.1, 0.15) is 12.5 Å². The van der Waals surface area contributed by atoms with Gasteiger partial charge in [-0.1, -0.05) is 0 Å². The van der Waals surface area contributed by atoms with Crippen LogP contribution in [0.2, 0.25) is 0 Å². The van der Waals surface area contributed by atoms with Gasteiger partial charge in [0.25, 0.3) is 0 Å². The highest BCUT2D eigenvalue weighted by Crippen LogP contribution is 2.19. The van der Waals surface area contributed by atoms with Crippen LogP contribution in [0.4, 0.5) is 0 Å². The van der Waals surface area contributed by atoms with Gasteiger partial charge < -0.3 is 21.3 Å². The van der Waals surface area contributed by atoms with Crippen LogP contribution in [0, 0.1) is 0 Å². The molecule has 1 aliphatic heterocycles. The van der Waals surface area contributed by atoms with E-state index in [0.29, 0.717) is 19.6 Å². The van der Waals surface area contributed by atoms with Crippen LogP contribution in [0.3, 0.4) is 0 Å². The Bertz CT molecular complexity index is 380. The lowest BCUT2D eigenvalue weighted by atomic mass is 9.99. The van der Waals surface area contributed by atoms with Gasteiger partial charge in [0.15, 0.2) is 0 Å². The molecule has 0 aromatic carbocycles. The average Bonchev–Trinajstić information content (AvgIpc) is 2.44. The number of rotatable bonds is 7. The van der Waals surface area contributed by atoms with E-state index in [2.05, 4.69) is 5.32 Å². The van der Waals surface area contributed by atoms with Gasteiger partial charge in [-0.05, 0) is 6.92 Å².